The van der Waals surface area contributed by atoms with Crippen molar-refractivity contribution in [1.29, 1.82) is 0 Å². The van der Waals surface area contributed by atoms with E-state index in [-0.39, 0.29) is 25.1 Å². The standard InChI is InChI=1S/C12H13FN2O5/c1-2-20-12(17)6-5-11(16)14-8-3-4-9(13)10(7-8)15(18)19/h3-4,7H,2,5-6H2,1H3,(H,14,16). The van der Waals surface area contributed by atoms with Crippen molar-refractivity contribution in [2.24, 2.45) is 0 Å². The smallest absolute Gasteiger partial charge is 0.306 e. The summed E-state index contributed by atoms with van der Waals surface area (Å²) < 4.78 is 17.7. The highest BCUT2D eigenvalue weighted by Gasteiger charge is 2.15. The van der Waals surface area contributed by atoms with E-state index in [0.29, 0.717) is 0 Å². The molecular formula is C12H13FN2O5. The second-order valence-corrected chi connectivity index (χ2v) is 3.78. The molecule has 0 aromatic heterocycles. The summed E-state index contributed by atoms with van der Waals surface area (Å²) in [5.74, 6) is -2.01. The fraction of sp³-hybridized carbons (Fsp3) is 0.333. The van der Waals surface area contributed by atoms with Gasteiger partial charge in [0.2, 0.25) is 11.7 Å². The van der Waals surface area contributed by atoms with Crippen molar-refractivity contribution in [3.8, 4) is 0 Å². The zero-order valence-electron chi connectivity index (χ0n) is 10.7. The van der Waals surface area contributed by atoms with E-state index < -0.39 is 28.3 Å². The molecule has 0 atom stereocenters. The molecule has 0 aliphatic carbocycles. The molecule has 1 amide bonds. The van der Waals surface area contributed by atoms with Gasteiger partial charge in [-0.25, -0.2) is 0 Å². The Morgan fingerprint density at radius 3 is 2.70 bits per heavy atom. The van der Waals surface area contributed by atoms with E-state index in [0.717, 1.165) is 12.1 Å². The van der Waals surface area contributed by atoms with E-state index in [1.54, 1.807) is 6.92 Å². The lowest BCUT2D eigenvalue weighted by atomic mass is 10.2. The summed E-state index contributed by atoms with van der Waals surface area (Å²) in [6.45, 7) is 1.88. The van der Waals surface area contributed by atoms with Crippen LogP contribution >= 0.6 is 0 Å². The molecule has 0 heterocycles. The van der Waals surface area contributed by atoms with Gasteiger partial charge in [-0.3, -0.25) is 19.7 Å². The molecule has 1 aromatic rings. The number of carbonyl (C=O) groups is 2. The van der Waals surface area contributed by atoms with Crippen LogP contribution in [0.1, 0.15) is 19.8 Å². The first-order chi connectivity index (χ1) is 9.43. The molecular weight excluding hydrogens is 271 g/mol. The molecule has 0 spiro atoms. The first-order valence-electron chi connectivity index (χ1n) is 5.83. The minimum atomic E-state index is -0.987. The Kier molecular flexibility index (Phi) is 5.57. The molecule has 1 aromatic carbocycles. The van der Waals surface area contributed by atoms with E-state index in [1.807, 2.05) is 0 Å². The van der Waals surface area contributed by atoms with Crippen molar-refractivity contribution < 1.29 is 23.6 Å². The van der Waals surface area contributed by atoms with Crippen LogP contribution in [-0.2, 0) is 14.3 Å². The number of amides is 1. The Bertz CT molecular complexity index is 533. The van der Waals surface area contributed by atoms with Gasteiger partial charge >= 0.3 is 11.7 Å². The summed E-state index contributed by atoms with van der Waals surface area (Å²) in [5, 5.41) is 12.9. The number of halogens is 1. The highest BCUT2D eigenvalue weighted by molar-refractivity contribution is 5.92. The van der Waals surface area contributed by atoms with Crippen LogP contribution in [0.5, 0.6) is 0 Å². The third-order valence-electron chi connectivity index (χ3n) is 2.29. The molecule has 0 aliphatic heterocycles. The highest BCUT2D eigenvalue weighted by atomic mass is 19.1. The minimum absolute atomic E-state index is 0.0898. The van der Waals surface area contributed by atoms with E-state index in [2.05, 4.69) is 10.1 Å². The van der Waals surface area contributed by atoms with Crippen molar-refractivity contribution >= 4 is 23.3 Å². The summed E-state index contributed by atoms with van der Waals surface area (Å²) >= 11 is 0. The third-order valence-corrected chi connectivity index (χ3v) is 2.29. The number of hydrogen-bond acceptors (Lipinski definition) is 5. The van der Waals surface area contributed by atoms with E-state index in [4.69, 9.17) is 0 Å². The molecule has 0 fully saturated rings. The maximum atomic E-state index is 13.1. The summed E-state index contributed by atoms with van der Waals surface area (Å²) in [5.41, 5.74) is -0.639. The predicted octanol–water partition coefficient (Wildman–Crippen LogP) is 2.02. The quantitative estimate of drug-likeness (QED) is 0.489. The average Bonchev–Trinajstić information content (AvgIpc) is 2.39. The van der Waals surface area contributed by atoms with Gasteiger partial charge in [0.25, 0.3) is 0 Å². The molecule has 0 radical (unpaired) electrons. The van der Waals surface area contributed by atoms with Crippen molar-refractivity contribution in [3.63, 3.8) is 0 Å². The monoisotopic (exact) mass is 284 g/mol. The van der Waals surface area contributed by atoms with Crippen LogP contribution in [0.2, 0.25) is 0 Å². The maximum absolute atomic E-state index is 13.1. The highest BCUT2D eigenvalue weighted by Crippen LogP contribution is 2.21. The molecule has 0 unspecified atom stereocenters. The van der Waals surface area contributed by atoms with Gasteiger partial charge < -0.3 is 10.1 Å². The molecule has 0 bridgehead atoms. The number of benzene rings is 1. The van der Waals surface area contributed by atoms with Gasteiger partial charge in [0.1, 0.15) is 0 Å². The Hall–Kier alpha value is -2.51. The lowest BCUT2D eigenvalue weighted by Crippen LogP contribution is -2.14. The van der Waals surface area contributed by atoms with Crippen LogP contribution in [0.3, 0.4) is 0 Å². The molecule has 0 saturated carbocycles. The van der Waals surface area contributed by atoms with Gasteiger partial charge in [-0.2, -0.15) is 4.39 Å². The van der Waals surface area contributed by atoms with Crippen LogP contribution in [0, 0.1) is 15.9 Å². The van der Waals surface area contributed by atoms with Crippen molar-refractivity contribution in [1.82, 2.24) is 0 Å². The number of esters is 1. The number of nitrogens with one attached hydrogen (secondary N) is 1. The number of rotatable bonds is 6. The van der Waals surface area contributed by atoms with Gasteiger partial charge in [0.05, 0.1) is 18.0 Å². The van der Waals surface area contributed by atoms with E-state index in [9.17, 15) is 24.1 Å². The number of nitrogens with zero attached hydrogens (tertiary/aromatic N) is 1. The van der Waals surface area contributed by atoms with Gasteiger partial charge in [-0.05, 0) is 19.1 Å². The third kappa shape index (κ3) is 4.63. The Balaban J connectivity index is 2.60. The van der Waals surface area contributed by atoms with Gasteiger partial charge in [0, 0.05) is 18.2 Å². The number of carbonyl (C=O) groups excluding carboxylic acids is 2. The number of hydrogen-bond donors (Lipinski definition) is 1. The fourth-order valence-electron chi connectivity index (χ4n) is 1.40. The summed E-state index contributed by atoms with van der Waals surface area (Å²) in [7, 11) is 0. The SMILES string of the molecule is CCOC(=O)CCC(=O)Nc1ccc(F)c([N+](=O)[O-])c1. The summed E-state index contributed by atoms with van der Waals surface area (Å²) in [6, 6.07) is 3.00. The summed E-state index contributed by atoms with van der Waals surface area (Å²) in [4.78, 5) is 32.2. The zero-order valence-corrected chi connectivity index (χ0v) is 10.7. The van der Waals surface area contributed by atoms with Crippen molar-refractivity contribution in [2.45, 2.75) is 19.8 Å². The molecule has 20 heavy (non-hydrogen) atoms. The Morgan fingerprint density at radius 1 is 1.40 bits per heavy atom. The lowest BCUT2D eigenvalue weighted by molar-refractivity contribution is -0.387. The molecule has 1 N–H and O–H groups in total. The predicted molar refractivity (Wildman–Crippen MR) is 67.6 cm³/mol. The molecule has 7 nitrogen and oxygen atoms in total. The fourth-order valence-corrected chi connectivity index (χ4v) is 1.40. The molecule has 8 heteroatoms. The molecule has 108 valence electrons. The van der Waals surface area contributed by atoms with Crippen LogP contribution < -0.4 is 5.32 Å². The van der Waals surface area contributed by atoms with Crippen LogP contribution in [0.15, 0.2) is 18.2 Å². The Labute approximate surface area is 113 Å². The van der Waals surface area contributed by atoms with Crippen molar-refractivity contribution in [2.75, 3.05) is 11.9 Å². The van der Waals surface area contributed by atoms with E-state index in [1.165, 1.54) is 6.07 Å². The van der Waals surface area contributed by atoms with Gasteiger partial charge in [-0.15, -0.1) is 0 Å². The van der Waals surface area contributed by atoms with Gasteiger partial charge in [-0.1, -0.05) is 0 Å². The Morgan fingerprint density at radius 2 is 2.10 bits per heavy atom. The summed E-state index contributed by atoms with van der Waals surface area (Å²) in [6.07, 6.45) is -0.215. The second-order valence-electron chi connectivity index (χ2n) is 3.78. The topological polar surface area (TPSA) is 98.5 Å². The first-order valence-corrected chi connectivity index (χ1v) is 5.83. The normalized spacial score (nSPS) is 9.90. The van der Waals surface area contributed by atoms with Crippen LogP contribution in [0.25, 0.3) is 0 Å². The number of nitro groups is 1. The van der Waals surface area contributed by atoms with Crippen molar-refractivity contribution in [3.05, 3.63) is 34.1 Å². The average molecular weight is 284 g/mol. The molecule has 0 saturated heterocycles. The number of ether oxygens (including phenoxy) is 1. The second kappa shape index (κ2) is 7.17. The molecule has 0 aliphatic rings. The maximum Gasteiger partial charge on any atom is 0.306 e. The minimum Gasteiger partial charge on any atom is -0.466 e. The van der Waals surface area contributed by atoms with Crippen LogP contribution in [0.4, 0.5) is 15.8 Å². The number of anilines is 1. The number of nitro benzene ring substituents is 1. The van der Waals surface area contributed by atoms with Gasteiger partial charge in [0.15, 0.2) is 0 Å². The van der Waals surface area contributed by atoms with E-state index >= 15 is 0 Å². The van der Waals surface area contributed by atoms with Crippen LogP contribution in [-0.4, -0.2) is 23.4 Å². The lowest BCUT2D eigenvalue weighted by Gasteiger charge is -2.05. The molecule has 1 rings (SSSR count). The largest absolute Gasteiger partial charge is 0.466 e. The zero-order chi connectivity index (χ0) is 15.1. The first kappa shape index (κ1) is 15.5.